The van der Waals surface area contributed by atoms with Gasteiger partial charge < -0.3 is 8.37 Å². The second-order valence-corrected chi connectivity index (χ2v) is 4.33. The van der Waals surface area contributed by atoms with Gasteiger partial charge in [-0.2, -0.15) is 16.8 Å². The fourth-order valence-corrected chi connectivity index (χ4v) is 1.46. The fourth-order valence-electron chi connectivity index (χ4n) is 0.781. The van der Waals surface area contributed by atoms with Gasteiger partial charge in [0.1, 0.15) is 11.5 Å². The Bertz CT molecular complexity index is 509. The van der Waals surface area contributed by atoms with Crippen LogP contribution in [0.15, 0.2) is 24.3 Å². The summed E-state index contributed by atoms with van der Waals surface area (Å²) >= 11 is 0. The predicted molar refractivity (Wildman–Crippen MR) is 47.8 cm³/mol. The van der Waals surface area contributed by atoms with Gasteiger partial charge in [0, 0.05) is 0 Å². The molecule has 0 aliphatic rings. The van der Waals surface area contributed by atoms with E-state index in [1.54, 1.807) is 0 Å². The van der Waals surface area contributed by atoms with Gasteiger partial charge >= 0.3 is 21.0 Å². The van der Waals surface area contributed by atoms with E-state index < -0.39 is 32.5 Å². The summed E-state index contributed by atoms with van der Waals surface area (Å²) in [6, 6.07) is 3.55. The molecule has 6 nitrogen and oxygen atoms in total. The summed E-state index contributed by atoms with van der Waals surface area (Å²) in [5.74, 6) is -0.822. The molecule has 1 aromatic carbocycles. The number of halogens is 2. The summed E-state index contributed by atoms with van der Waals surface area (Å²) in [4.78, 5) is 0. The molecule has 0 unspecified atom stereocenters. The molecule has 0 amide bonds. The molecule has 10 heteroatoms. The molecule has 0 aliphatic heterocycles. The van der Waals surface area contributed by atoms with Crippen molar-refractivity contribution in [3.05, 3.63) is 24.3 Å². The molecule has 0 N–H and O–H groups in total. The molecule has 0 saturated carbocycles. The average molecular weight is 274 g/mol. The van der Waals surface area contributed by atoms with Crippen molar-refractivity contribution in [2.45, 2.75) is 0 Å². The largest absolute Gasteiger partial charge is 0.488 e. The van der Waals surface area contributed by atoms with Gasteiger partial charge in [-0.3, -0.25) is 0 Å². The zero-order valence-electron chi connectivity index (χ0n) is 7.33. The van der Waals surface area contributed by atoms with Gasteiger partial charge in [-0.25, -0.2) is 0 Å². The minimum Gasteiger partial charge on any atom is -0.358 e. The molecule has 0 saturated heterocycles. The van der Waals surface area contributed by atoms with E-state index in [1.165, 1.54) is 0 Å². The fraction of sp³-hybridized carbons (Fsp3) is 0. The van der Waals surface area contributed by atoms with Gasteiger partial charge in [-0.15, -0.1) is 0 Å². The van der Waals surface area contributed by atoms with Crippen LogP contribution in [0.3, 0.4) is 0 Å². The molecule has 0 aliphatic carbocycles. The van der Waals surface area contributed by atoms with E-state index in [4.69, 9.17) is 0 Å². The van der Waals surface area contributed by atoms with E-state index in [9.17, 15) is 24.6 Å². The average Bonchev–Trinajstić information content (AvgIpc) is 2.03. The Morgan fingerprint density at radius 2 is 1.00 bits per heavy atom. The third kappa shape index (κ3) is 4.89. The van der Waals surface area contributed by atoms with E-state index >= 15 is 0 Å². The van der Waals surface area contributed by atoms with Crippen molar-refractivity contribution in [3.8, 4) is 11.5 Å². The van der Waals surface area contributed by atoms with Gasteiger partial charge in [0.05, 0.1) is 0 Å². The van der Waals surface area contributed by atoms with E-state index in [1.807, 2.05) is 0 Å². The Morgan fingerprint density at radius 3 is 1.19 bits per heavy atom. The lowest BCUT2D eigenvalue weighted by atomic mass is 10.3. The third-order valence-corrected chi connectivity index (χ3v) is 2.00. The van der Waals surface area contributed by atoms with E-state index in [0.717, 1.165) is 24.3 Å². The lowest BCUT2D eigenvalue weighted by Gasteiger charge is -2.01. The highest BCUT2D eigenvalue weighted by molar-refractivity contribution is 7.82. The molecule has 1 aromatic rings. The molecule has 0 fully saturated rings. The molecular formula is C6H4F2O6S2. The molecule has 0 spiro atoms. The van der Waals surface area contributed by atoms with Crippen LogP contribution in [0.1, 0.15) is 0 Å². The van der Waals surface area contributed by atoms with Gasteiger partial charge in [0.25, 0.3) is 0 Å². The van der Waals surface area contributed by atoms with Crippen LogP contribution in [0.25, 0.3) is 0 Å². The van der Waals surface area contributed by atoms with Crippen molar-refractivity contribution in [2.75, 3.05) is 0 Å². The van der Waals surface area contributed by atoms with Crippen LogP contribution in [-0.4, -0.2) is 16.8 Å². The van der Waals surface area contributed by atoms with Gasteiger partial charge in [0.2, 0.25) is 0 Å². The third-order valence-electron chi connectivity index (χ3n) is 1.22. The highest BCUT2D eigenvalue weighted by Gasteiger charge is 2.12. The van der Waals surface area contributed by atoms with Crippen LogP contribution < -0.4 is 8.37 Å². The highest BCUT2D eigenvalue weighted by atomic mass is 32.3. The van der Waals surface area contributed by atoms with Crippen molar-refractivity contribution in [2.24, 2.45) is 0 Å². The summed E-state index contributed by atoms with van der Waals surface area (Å²) in [5.41, 5.74) is 0. The van der Waals surface area contributed by atoms with Gasteiger partial charge in [-0.1, -0.05) is 7.77 Å². The lowest BCUT2D eigenvalue weighted by Crippen LogP contribution is -2.02. The first kappa shape index (κ1) is 12.6. The van der Waals surface area contributed by atoms with Crippen LogP contribution in [0.4, 0.5) is 7.77 Å². The minimum absolute atomic E-state index is 0.411. The Hall–Kier alpha value is -1.42. The number of hydrogen-bond acceptors (Lipinski definition) is 6. The van der Waals surface area contributed by atoms with Gasteiger partial charge in [-0.05, 0) is 24.3 Å². The maximum Gasteiger partial charge on any atom is 0.488 e. The zero-order chi connectivity index (χ0) is 12.4. The molecular weight excluding hydrogens is 270 g/mol. The second kappa shape index (κ2) is 4.22. The molecule has 0 radical (unpaired) electrons. The summed E-state index contributed by atoms with van der Waals surface area (Å²) < 4.78 is 71.8. The Kier molecular flexibility index (Phi) is 3.33. The maximum absolute atomic E-state index is 12.0. The standard InChI is InChI=1S/C6H4F2O6S2/c7-15(9,10)13-5-1-2-6(4-3-5)14-16(8,11)12/h1-4H. The van der Waals surface area contributed by atoms with E-state index in [-0.39, 0.29) is 0 Å². The quantitative estimate of drug-likeness (QED) is 0.757. The molecule has 1 rings (SSSR count). The lowest BCUT2D eigenvalue weighted by molar-refractivity contribution is 0.432. The summed E-state index contributed by atoms with van der Waals surface area (Å²) in [6.07, 6.45) is 0. The zero-order valence-corrected chi connectivity index (χ0v) is 8.96. The molecule has 16 heavy (non-hydrogen) atoms. The molecule has 90 valence electrons. The van der Waals surface area contributed by atoms with Crippen LogP contribution in [0, 0.1) is 0 Å². The van der Waals surface area contributed by atoms with Crippen molar-refractivity contribution in [3.63, 3.8) is 0 Å². The predicted octanol–water partition coefficient (Wildman–Crippen LogP) is 0.873. The summed E-state index contributed by atoms with van der Waals surface area (Å²) in [7, 11) is -10.3. The van der Waals surface area contributed by atoms with Crippen LogP contribution in [0.5, 0.6) is 11.5 Å². The molecule has 0 aromatic heterocycles. The normalized spacial score (nSPS) is 12.1. The van der Waals surface area contributed by atoms with E-state index in [2.05, 4.69) is 8.37 Å². The Morgan fingerprint density at radius 1 is 0.750 bits per heavy atom. The first-order chi connectivity index (χ1) is 7.16. The van der Waals surface area contributed by atoms with Crippen LogP contribution in [-0.2, 0) is 21.0 Å². The van der Waals surface area contributed by atoms with Crippen LogP contribution >= 0.6 is 0 Å². The van der Waals surface area contributed by atoms with Crippen molar-refractivity contribution in [1.82, 2.24) is 0 Å². The summed E-state index contributed by atoms with van der Waals surface area (Å²) in [6.45, 7) is 0. The SMILES string of the molecule is O=S(=O)(F)Oc1ccc(OS(=O)(=O)F)cc1. The maximum atomic E-state index is 12.0. The van der Waals surface area contributed by atoms with Gasteiger partial charge in [0.15, 0.2) is 0 Å². The molecule has 0 heterocycles. The Labute approximate surface area is 90.2 Å². The first-order valence-electron chi connectivity index (χ1n) is 3.54. The van der Waals surface area contributed by atoms with Crippen molar-refractivity contribution < 1.29 is 33.0 Å². The van der Waals surface area contributed by atoms with E-state index in [0.29, 0.717) is 0 Å². The first-order valence-corrected chi connectivity index (χ1v) is 6.16. The minimum atomic E-state index is -5.16. The van der Waals surface area contributed by atoms with Crippen LogP contribution in [0.2, 0.25) is 0 Å². The topological polar surface area (TPSA) is 86.7 Å². The van der Waals surface area contributed by atoms with Crippen molar-refractivity contribution in [1.29, 1.82) is 0 Å². The Balaban J connectivity index is 2.84. The molecule has 0 bridgehead atoms. The number of benzene rings is 1. The number of rotatable bonds is 4. The number of hydrogen-bond donors (Lipinski definition) is 0. The second-order valence-electron chi connectivity index (χ2n) is 2.42. The summed E-state index contributed by atoms with van der Waals surface area (Å²) in [5, 5.41) is 0. The molecule has 0 atom stereocenters. The highest BCUT2D eigenvalue weighted by Crippen LogP contribution is 2.20. The van der Waals surface area contributed by atoms with Crippen molar-refractivity contribution >= 4 is 21.0 Å². The smallest absolute Gasteiger partial charge is 0.358 e. The monoisotopic (exact) mass is 274 g/mol.